The van der Waals surface area contributed by atoms with Crippen LogP contribution in [0.15, 0.2) is 18.2 Å². The molecular weight excluding hydrogens is 266 g/mol. The van der Waals surface area contributed by atoms with Crippen molar-refractivity contribution in [1.82, 2.24) is 14.8 Å². The highest BCUT2D eigenvalue weighted by Gasteiger charge is 2.22. The average Bonchev–Trinajstić information content (AvgIpc) is 2.63. The molecule has 2 rings (SSSR count). The van der Waals surface area contributed by atoms with Crippen molar-refractivity contribution < 1.29 is 9.59 Å². The zero-order valence-electron chi connectivity index (χ0n) is 10.8. The predicted molar refractivity (Wildman–Crippen MR) is 72.0 cm³/mol. The molecule has 19 heavy (non-hydrogen) atoms. The van der Waals surface area contributed by atoms with E-state index in [9.17, 15) is 9.59 Å². The number of aromatic nitrogens is 1. The summed E-state index contributed by atoms with van der Waals surface area (Å²) in [6.07, 6.45) is 0.784. The van der Waals surface area contributed by atoms with Crippen LogP contribution in [-0.4, -0.2) is 52.8 Å². The molecule has 0 atom stereocenters. The van der Waals surface area contributed by atoms with E-state index >= 15 is 0 Å². The van der Waals surface area contributed by atoms with Crippen molar-refractivity contribution in [1.29, 1.82) is 0 Å². The topological polar surface area (TPSA) is 53.5 Å². The van der Waals surface area contributed by atoms with Gasteiger partial charge < -0.3 is 9.80 Å². The summed E-state index contributed by atoms with van der Waals surface area (Å²) in [5.74, 6) is -0.0805. The maximum Gasteiger partial charge on any atom is 0.272 e. The molecule has 0 saturated carbocycles. The monoisotopic (exact) mass is 281 g/mol. The first-order valence-electron chi connectivity index (χ1n) is 6.25. The van der Waals surface area contributed by atoms with Gasteiger partial charge in [0.15, 0.2) is 0 Å². The van der Waals surface area contributed by atoms with E-state index in [0.29, 0.717) is 37.0 Å². The lowest BCUT2D eigenvalue weighted by Gasteiger charge is -2.21. The molecule has 0 aromatic carbocycles. The van der Waals surface area contributed by atoms with Crippen LogP contribution in [0.4, 0.5) is 0 Å². The van der Waals surface area contributed by atoms with Gasteiger partial charge in [-0.15, -0.1) is 0 Å². The van der Waals surface area contributed by atoms with Gasteiger partial charge in [-0.1, -0.05) is 17.7 Å². The third-order valence-electron chi connectivity index (χ3n) is 3.16. The van der Waals surface area contributed by atoms with E-state index in [0.717, 1.165) is 6.42 Å². The minimum Gasteiger partial charge on any atom is -0.341 e. The molecule has 0 bridgehead atoms. The molecule has 1 saturated heterocycles. The Morgan fingerprint density at radius 3 is 2.53 bits per heavy atom. The molecule has 1 aliphatic heterocycles. The number of carbonyl (C=O) groups excluding carboxylic acids is 2. The maximum absolute atomic E-state index is 12.3. The zero-order valence-corrected chi connectivity index (χ0v) is 11.6. The molecule has 2 heterocycles. The number of nitrogens with zero attached hydrogens (tertiary/aromatic N) is 3. The standard InChI is InChI=1S/C13H16ClN3O2/c1-10(18)16-6-3-7-17(9-8-16)13(19)11-4-2-5-12(14)15-11/h2,4-5H,3,6-9H2,1H3. The number of halogens is 1. The Kier molecular flexibility index (Phi) is 4.37. The van der Waals surface area contributed by atoms with Crippen LogP contribution in [0.3, 0.4) is 0 Å². The van der Waals surface area contributed by atoms with E-state index in [1.165, 1.54) is 0 Å². The van der Waals surface area contributed by atoms with Crippen LogP contribution < -0.4 is 0 Å². The average molecular weight is 282 g/mol. The van der Waals surface area contributed by atoms with E-state index in [-0.39, 0.29) is 11.8 Å². The van der Waals surface area contributed by atoms with E-state index in [1.807, 2.05) is 0 Å². The summed E-state index contributed by atoms with van der Waals surface area (Å²) in [6.45, 7) is 3.99. The Morgan fingerprint density at radius 1 is 1.16 bits per heavy atom. The maximum atomic E-state index is 12.3. The normalized spacial score (nSPS) is 16.1. The molecule has 1 aromatic heterocycles. The molecule has 1 aliphatic rings. The smallest absolute Gasteiger partial charge is 0.272 e. The van der Waals surface area contributed by atoms with E-state index in [1.54, 1.807) is 34.9 Å². The zero-order chi connectivity index (χ0) is 13.8. The van der Waals surface area contributed by atoms with Gasteiger partial charge in [0.2, 0.25) is 5.91 Å². The molecule has 0 radical (unpaired) electrons. The van der Waals surface area contributed by atoms with Gasteiger partial charge in [-0.3, -0.25) is 9.59 Å². The van der Waals surface area contributed by atoms with Gasteiger partial charge in [-0.2, -0.15) is 0 Å². The first-order valence-corrected chi connectivity index (χ1v) is 6.63. The highest BCUT2D eigenvalue weighted by Crippen LogP contribution is 2.10. The Labute approximate surface area is 117 Å². The molecule has 102 valence electrons. The fraction of sp³-hybridized carbons (Fsp3) is 0.462. The first kappa shape index (κ1) is 13.8. The SMILES string of the molecule is CC(=O)N1CCCN(C(=O)c2cccc(Cl)n2)CC1. The molecule has 0 aliphatic carbocycles. The van der Waals surface area contributed by atoms with Crippen molar-refractivity contribution >= 4 is 23.4 Å². The number of carbonyl (C=O) groups is 2. The third kappa shape index (κ3) is 3.44. The van der Waals surface area contributed by atoms with Gasteiger partial charge >= 0.3 is 0 Å². The van der Waals surface area contributed by atoms with Crippen molar-refractivity contribution in [3.63, 3.8) is 0 Å². The van der Waals surface area contributed by atoms with Gasteiger partial charge in [0.25, 0.3) is 5.91 Å². The number of rotatable bonds is 1. The van der Waals surface area contributed by atoms with Crippen LogP contribution in [0, 0.1) is 0 Å². The molecule has 5 nitrogen and oxygen atoms in total. The van der Waals surface area contributed by atoms with Crippen LogP contribution in [0.25, 0.3) is 0 Å². The summed E-state index contributed by atoms with van der Waals surface area (Å²) in [5, 5.41) is 0.311. The van der Waals surface area contributed by atoms with E-state index in [4.69, 9.17) is 11.6 Å². The number of hydrogen-bond donors (Lipinski definition) is 0. The second-order valence-electron chi connectivity index (χ2n) is 4.50. The van der Waals surface area contributed by atoms with Crippen molar-refractivity contribution in [2.75, 3.05) is 26.2 Å². The molecule has 0 N–H and O–H groups in total. The second kappa shape index (κ2) is 6.02. The summed E-state index contributed by atoms with van der Waals surface area (Å²) < 4.78 is 0. The Hall–Kier alpha value is -1.62. The second-order valence-corrected chi connectivity index (χ2v) is 4.88. The third-order valence-corrected chi connectivity index (χ3v) is 3.37. The van der Waals surface area contributed by atoms with Crippen LogP contribution in [0.2, 0.25) is 5.15 Å². The van der Waals surface area contributed by atoms with Crippen LogP contribution in [0.1, 0.15) is 23.8 Å². The van der Waals surface area contributed by atoms with Crippen molar-refractivity contribution in [2.24, 2.45) is 0 Å². The molecule has 6 heteroatoms. The minimum absolute atomic E-state index is 0.0511. The van der Waals surface area contributed by atoms with Crippen molar-refractivity contribution in [3.8, 4) is 0 Å². The molecular formula is C13H16ClN3O2. The van der Waals surface area contributed by atoms with Crippen molar-refractivity contribution in [2.45, 2.75) is 13.3 Å². The van der Waals surface area contributed by atoms with Crippen LogP contribution in [0.5, 0.6) is 0 Å². The fourth-order valence-electron chi connectivity index (χ4n) is 2.12. The Balaban J connectivity index is 2.06. The van der Waals surface area contributed by atoms with Gasteiger partial charge in [0.1, 0.15) is 10.8 Å². The summed E-state index contributed by atoms with van der Waals surface area (Å²) in [4.78, 5) is 31.1. The van der Waals surface area contributed by atoms with Gasteiger partial charge in [-0.25, -0.2) is 4.98 Å². The molecule has 0 unspecified atom stereocenters. The van der Waals surface area contributed by atoms with E-state index in [2.05, 4.69) is 4.98 Å². The van der Waals surface area contributed by atoms with Crippen LogP contribution in [-0.2, 0) is 4.79 Å². The molecule has 1 fully saturated rings. The molecule has 1 aromatic rings. The largest absolute Gasteiger partial charge is 0.341 e. The number of hydrogen-bond acceptors (Lipinski definition) is 3. The summed E-state index contributed by atoms with van der Waals surface area (Å²) >= 11 is 5.79. The van der Waals surface area contributed by atoms with Gasteiger partial charge in [-0.05, 0) is 18.6 Å². The summed E-state index contributed by atoms with van der Waals surface area (Å²) in [6, 6.07) is 5.00. The first-order chi connectivity index (χ1) is 9.08. The van der Waals surface area contributed by atoms with Crippen molar-refractivity contribution in [3.05, 3.63) is 29.0 Å². The quantitative estimate of drug-likeness (QED) is 0.732. The lowest BCUT2D eigenvalue weighted by atomic mass is 10.3. The minimum atomic E-state index is -0.132. The predicted octanol–water partition coefficient (Wildman–Crippen LogP) is 1.43. The Bertz CT molecular complexity index is 493. The van der Waals surface area contributed by atoms with E-state index < -0.39 is 0 Å². The highest BCUT2D eigenvalue weighted by atomic mass is 35.5. The van der Waals surface area contributed by atoms with Gasteiger partial charge in [0, 0.05) is 33.1 Å². The molecule has 2 amide bonds. The lowest BCUT2D eigenvalue weighted by Crippen LogP contribution is -2.36. The molecule has 0 spiro atoms. The lowest BCUT2D eigenvalue weighted by molar-refractivity contribution is -0.128. The number of amides is 2. The fourth-order valence-corrected chi connectivity index (χ4v) is 2.29. The summed E-state index contributed by atoms with van der Waals surface area (Å²) in [5.41, 5.74) is 0.351. The Morgan fingerprint density at radius 2 is 1.84 bits per heavy atom. The summed E-state index contributed by atoms with van der Waals surface area (Å²) in [7, 11) is 0. The van der Waals surface area contributed by atoms with Gasteiger partial charge in [0.05, 0.1) is 0 Å². The highest BCUT2D eigenvalue weighted by molar-refractivity contribution is 6.29. The van der Waals surface area contributed by atoms with Crippen LogP contribution >= 0.6 is 11.6 Å². The number of pyridine rings is 1.